The molecule has 0 aliphatic heterocycles. The van der Waals surface area contributed by atoms with E-state index >= 15 is 0 Å². The van der Waals surface area contributed by atoms with E-state index in [1.165, 1.54) is 41.9 Å². The Morgan fingerprint density at radius 2 is 1.78 bits per heavy atom. The highest BCUT2D eigenvalue weighted by atomic mass is 19.1. The van der Waals surface area contributed by atoms with Crippen molar-refractivity contribution < 1.29 is 4.39 Å². The van der Waals surface area contributed by atoms with Crippen LogP contribution in [-0.2, 0) is 7.05 Å². The van der Waals surface area contributed by atoms with Crippen molar-refractivity contribution in [1.82, 2.24) is 9.13 Å². The monoisotopic (exact) mass is 249 g/mol. The summed E-state index contributed by atoms with van der Waals surface area (Å²) in [6.07, 6.45) is 0. The minimum atomic E-state index is -0.488. The highest BCUT2D eigenvalue weighted by Crippen LogP contribution is 2.11. The van der Waals surface area contributed by atoms with Gasteiger partial charge < -0.3 is 5.32 Å². The average Bonchev–Trinajstić information content (AvgIpc) is 2.37. The summed E-state index contributed by atoms with van der Waals surface area (Å²) in [4.78, 5) is 23.6. The standard InChI is InChI=1S/C12H12FN3O2/c1-14-10-7-11(17)15(2)12(18)16(10)9-5-3-8(13)4-6-9/h3-7,14H,1-2H3. The Balaban J connectivity index is 2.78. The third-order valence-corrected chi connectivity index (χ3v) is 2.65. The van der Waals surface area contributed by atoms with Gasteiger partial charge in [0, 0.05) is 20.2 Å². The van der Waals surface area contributed by atoms with Crippen molar-refractivity contribution in [3.63, 3.8) is 0 Å². The first-order valence-electron chi connectivity index (χ1n) is 5.31. The average molecular weight is 249 g/mol. The van der Waals surface area contributed by atoms with Crippen LogP contribution in [0.15, 0.2) is 39.9 Å². The van der Waals surface area contributed by atoms with E-state index in [2.05, 4.69) is 5.32 Å². The van der Waals surface area contributed by atoms with Gasteiger partial charge in [-0.3, -0.25) is 9.36 Å². The van der Waals surface area contributed by atoms with Gasteiger partial charge in [-0.05, 0) is 24.3 Å². The Morgan fingerprint density at radius 3 is 2.33 bits per heavy atom. The number of rotatable bonds is 2. The Kier molecular flexibility index (Phi) is 3.01. The quantitative estimate of drug-likeness (QED) is 0.853. The van der Waals surface area contributed by atoms with Gasteiger partial charge in [-0.25, -0.2) is 13.8 Å². The molecule has 1 N–H and O–H groups in total. The first-order chi connectivity index (χ1) is 8.54. The minimum absolute atomic E-state index is 0.356. The van der Waals surface area contributed by atoms with E-state index in [0.717, 1.165) is 4.57 Å². The van der Waals surface area contributed by atoms with Crippen LogP contribution in [0, 0.1) is 5.82 Å². The predicted molar refractivity (Wildman–Crippen MR) is 66.8 cm³/mol. The maximum absolute atomic E-state index is 12.9. The molecule has 0 atom stereocenters. The van der Waals surface area contributed by atoms with E-state index < -0.39 is 11.2 Å². The van der Waals surface area contributed by atoms with Gasteiger partial charge in [0.2, 0.25) is 0 Å². The van der Waals surface area contributed by atoms with Crippen LogP contribution in [0.3, 0.4) is 0 Å². The predicted octanol–water partition coefficient (Wildman–Crippen LogP) is 0.717. The first-order valence-corrected chi connectivity index (χ1v) is 5.31. The van der Waals surface area contributed by atoms with Crippen molar-refractivity contribution in [3.8, 4) is 5.69 Å². The number of anilines is 1. The zero-order valence-electron chi connectivity index (χ0n) is 9.98. The van der Waals surface area contributed by atoms with Crippen LogP contribution in [0.5, 0.6) is 0 Å². The van der Waals surface area contributed by atoms with E-state index in [4.69, 9.17) is 0 Å². The van der Waals surface area contributed by atoms with E-state index in [0.29, 0.717) is 11.5 Å². The van der Waals surface area contributed by atoms with Gasteiger partial charge in [-0.2, -0.15) is 0 Å². The fourth-order valence-corrected chi connectivity index (χ4v) is 1.65. The number of aromatic nitrogens is 2. The Hall–Kier alpha value is -2.37. The summed E-state index contributed by atoms with van der Waals surface area (Å²) in [6.45, 7) is 0. The van der Waals surface area contributed by atoms with Crippen molar-refractivity contribution in [1.29, 1.82) is 0 Å². The molecule has 5 nitrogen and oxygen atoms in total. The second-order valence-electron chi connectivity index (χ2n) is 3.77. The molecular weight excluding hydrogens is 237 g/mol. The topological polar surface area (TPSA) is 56.0 Å². The summed E-state index contributed by atoms with van der Waals surface area (Å²) in [5.74, 6) is -0.0302. The molecule has 0 saturated carbocycles. The largest absolute Gasteiger partial charge is 0.374 e. The molecule has 1 aromatic heterocycles. The molecule has 0 aliphatic carbocycles. The lowest BCUT2D eigenvalue weighted by Gasteiger charge is -2.13. The second kappa shape index (κ2) is 4.48. The fourth-order valence-electron chi connectivity index (χ4n) is 1.65. The van der Waals surface area contributed by atoms with Crippen LogP contribution >= 0.6 is 0 Å². The van der Waals surface area contributed by atoms with E-state index in [-0.39, 0.29) is 5.82 Å². The fraction of sp³-hybridized carbons (Fsp3) is 0.167. The van der Waals surface area contributed by atoms with Crippen LogP contribution in [-0.4, -0.2) is 16.2 Å². The number of nitrogens with one attached hydrogen (secondary N) is 1. The molecule has 2 rings (SSSR count). The van der Waals surface area contributed by atoms with Crippen molar-refractivity contribution >= 4 is 5.82 Å². The molecule has 0 amide bonds. The lowest BCUT2D eigenvalue weighted by Crippen LogP contribution is -2.37. The van der Waals surface area contributed by atoms with Crippen molar-refractivity contribution in [2.75, 3.05) is 12.4 Å². The molecule has 0 unspecified atom stereocenters. The molecule has 18 heavy (non-hydrogen) atoms. The minimum Gasteiger partial charge on any atom is -0.374 e. The number of nitrogens with zero attached hydrogens (tertiary/aromatic N) is 2. The molecular formula is C12H12FN3O2. The van der Waals surface area contributed by atoms with Crippen LogP contribution in [0.25, 0.3) is 5.69 Å². The third kappa shape index (κ3) is 1.92. The van der Waals surface area contributed by atoms with E-state index in [1.54, 1.807) is 7.05 Å². The molecule has 0 saturated heterocycles. The first kappa shape index (κ1) is 12.1. The normalized spacial score (nSPS) is 10.4. The number of hydrogen-bond donors (Lipinski definition) is 1. The lowest BCUT2D eigenvalue weighted by molar-refractivity contribution is 0.627. The summed E-state index contributed by atoms with van der Waals surface area (Å²) in [5, 5.41) is 2.77. The van der Waals surface area contributed by atoms with Gasteiger partial charge in [-0.15, -0.1) is 0 Å². The molecule has 0 radical (unpaired) electrons. The lowest BCUT2D eigenvalue weighted by atomic mass is 10.3. The molecule has 1 aromatic carbocycles. The highest BCUT2D eigenvalue weighted by molar-refractivity contribution is 5.44. The molecule has 2 aromatic rings. The summed E-state index contributed by atoms with van der Waals surface area (Å²) >= 11 is 0. The van der Waals surface area contributed by atoms with Crippen LogP contribution in [0.4, 0.5) is 10.2 Å². The Morgan fingerprint density at radius 1 is 1.17 bits per heavy atom. The molecule has 1 heterocycles. The van der Waals surface area contributed by atoms with Gasteiger partial charge in [0.1, 0.15) is 11.6 Å². The smallest absolute Gasteiger partial charge is 0.336 e. The summed E-state index contributed by atoms with van der Waals surface area (Å²) < 4.78 is 15.2. The van der Waals surface area contributed by atoms with Gasteiger partial charge in [0.15, 0.2) is 0 Å². The van der Waals surface area contributed by atoms with Crippen LogP contribution in [0.2, 0.25) is 0 Å². The maximum Gasteiger partial charge on any atom is 0.336 e. The van der Waals surface area contributed by atoms with Crippen molar-refractivity contribution in [2.24, 2.45) is 7.05 Å². The zero-order chi connectivity index (χ0) is 13.3. The zero-order valence-corrected chi connectivity index (χ0v) is 9.98. The number of hydrogen-bond acceptors (Lipinski definition) is 3. The second-order valence-corrected chi connectivity index (χ2v) is 3.77. The van der Waals surface area contributed by atoms with E-state index in [9.17, 15) is 14.0 Å². The molecule has 0 spiro atoms. The molecule has 0 fully saturated rings. The van der Waals surface area contributed by atoms with Crippen LogP contribution < -0.4 is 16.6 Å². The maximum atomic E-state index is 12.9. The molecule has 0 bridgehead atoms. The summed E-state index contributed by atoms with van der Waals surface area (Å²) in [6, 6.07) is 6.77. The van der Waals surface area contributed by atoms with Gasteiger partial charge in [0.05, 0.1) is 5.69 Å². The van der Waals surface area contributed by atoms with Gasteiger partial charge in [0.25, 0.3) is 5.56 Å². The third-order valence-electron chi connectivity index (χ3n) is 2.65. The van der Waals surface area contributed by atoms with Crippen LogP contribution in [0.1, 0.15) is 0 Å². The van der Waals surface area contributed by atoms with Gasteiger partial charge in [-0.1, -0.05) is 0 Å². The number of benzene rings is 1. The number of halogens is 1. The van der Waals surface area contributed by atoms with Gasteiger partial charge >= 0.3 is 5.69 Å². The van der Waals surface area contributed by atoms with Crippen molar-refractivity contribution in [3.05, 3.63) is 57.0 Å². The summed E-state index contributed by atoms with van der Waals surface area (Å²) in [5.41, 5.74) is -0.400. The highest BCUT2D eigenvalue weighted by Gasteiger charge is 2.09. The molecule has 0 aliphatic rings. The summed E-state index contributed by atoms with van der Waals surface area (Å²) in [7, 11) is 3.00. The van der Waals surface area contributed by atoms with E-state index in [1.807, 2.05) is 0 Å². The SMILES string of the molecule is CNc1cc(=O)n(C)c(=O)n1-c1ccc(F)cc1. The molecule has 6 heteroatoms. The Bertz CT molecular complexity index is 686. The van der Waals surface area contributed by atoms with Crippen molar-refractivity contribution in [2.45, 2.75) is 0 Å². The molecule has 94 valence electrons. The Labute approximate surface area is 102 Å².